The normalized spacial score (nSPS) is 10.6. The predicted molar refractivity (Wildman–Crippen MR) is 104 cm³/mol. The molecular weight excluding hydrogens is 380 g/mol. The van der Waals surface area contributed by atoms with Crippen molar-refractivity contribution in [3.8, 4) is 21.8 Å². The molecule has 0 unspecified atom stereocenters. The van der Waals surface area contributed by atoms with Crippen molar-refractivity contribution in [1.82, 2.24) is 9.97 Å². The number of hydrogen-bond acceptors (Lipinski definition) is 7. The summed E-state index contributed by atoms with van der Waals surface area (Å²) in [5, 5.41) is 16.1. The molecule has 3 aromatic heterocycles. The third-order valence-electron chi connectivity index (χ3n) is 3.82. The van der Waals surface area contributed by atoms with Crippen LogP contribution in [0.15, 0.2) is 70.7 Å². The van der Waals surface area contributed by atoms with E-state index in [0.29, 0.717) is 5.69 Å². The molecule has 28 heavy (non-hydrogen) atoms. The van der Waals surface area contributed by atoms with Crippen molar-refractivity contribution >= 4 is 28.8 Å². The van der Waals surface area contributed by atoms with Gasteiger partial charge in [-0.15, -0.1) is 11.3 Å². The lowest BCUT2D eigenvalue weighted by Gasteiger charge is -2.05. The number of amides is 1. The number of pyridine rings is 1. The van der Waals surface area contributed by atoms with Crippen molar-refractivity contribution in [3.05, 3.63) is 82.2 Å². The van der Waals surface area contributed by atoms with E-state index in [1.54, 1.807) is 30.6 Å². The van der Waals surface area contributed by atoms with Gasteiger partial charge in [0.05, 0.1) is 11.8 Å². The van der Waals surface area contributed by atoms with Crippen LogP contribution in [0.25, 0.3) is 21.8 Å². The van der Waals surface area contributed by atoms with E-state index in [9.17, 15) is 14.9 Å². The lowest BCUT2D eigenvalue weighted by molar-refractivity contribution is -0.402. The van der Waals surface area contributed by atoms with Gasteiger partial charge in [0.15, 0.2) is 5.76 Å². The predicted octanol–water partition coefficient (Wildman–Crippen LogP) is 4.63. The van der Waals surface area contributed by atoms with Crippen molar-refractivity contribution in [2.45, 2.75) is 0 Å². The van der Waals surface area contributed by atoms with Crippen LogP contribution in [-0.2, 0) is 0 Å². The average molecular weight is 392 g/mol. The van der Waals surface area contributed by atoms with E-state index in [1.165, 1.54) is 17.4 Å². The molecule has 0 aliphatic carbocycles. The number of benzene rings is 1. The van der Waals surface area contributed by atoms with Gasteiger partial charge < -0.3 is 9.73 Å². The van der Waals surface area contributed by atoms with Crippen LogP contribution in [-0.4, -0.2) is 20.8 Å². The molecule has 4 rings (SSSR count). The second-order valence-corrected chi connectivity index (χ2v) is 6.57. The number of anilines is 1. The van der Waals surface area contributed by atoms with Gasteiger partial charge in [0.25, 0.3) is 5.91 Å². The summed E-state index contributed by atoms with van der Waals surface area (Å²) in [5.74, 6) is -1.19. The molecule has 1 aromatic carbocycles. The smallest absolute Gasteiger partial charge is 0.395 e. The van der Waals surface area contributed by atoms with Gasteiger partial charge in [-0.05, 0) is 30.3 Å². The van der Waals surface area contributed by atoms with E-state index in [1.807, 2.05) is 23.6 Å². The molecule has 3 heterocycles. The van der Waals surface area contributed by atoms with Gasteiger partial charge in [-0.2, -0.15) is 0 Å². The second-order valence-electron chi connectivity index (χ2n) is 5.71. The molecule has 0 fully saturated rings. The summed E-state index contributed by atoms with van der Waals surface area (Å²) in [6.45, 7) is 0. The van der Waals surface area contributed by atoms with Crippen molar-refractivity contribution in [2.75, 3.05) is 5.32 Å². The van der Waals surface area contributed by atoms with E-state index < -0.39 is 16.7 Å². The Labute approximate surface area is 162 Å². The van der Waals surface area contributed by atoms with Crippen LogP contribution in [0.1, 0.15) is 10.6 Å². The highest BCUT2D eigenvalue weighted by atomic mass is 32.1. The zero-order valence-electron chi connectivity index (χ0n) is 14.2. The molecule has 0 radical (unpaired) electrons. The fraction of sp³-hybridized carbons (Fsp3) is 0. The summed E-state index contributed by atoms with van der Waals surface area (Å²) >= 11 is 1.50. The summed E-state index contributed by atoms with van der Waals surface area (Å²) in [4.78, 5) is 30.9. The fourth-order valence-corrected chi connectivity index (χ4v) is 3.34. The highest BCUT2D eigenvalue weighted by molar-refractivity contribution is 7.13. The minimum Gasteiger partial charge on any atom is -0.395 e. The van der Waals surface area contributed by atoms with Gasteiger partial charge in [-0.1, -0.05) is 12.1 Å². The lowest BCUT2D eigenvalue weighted by Crippen LogP contribution is -2.10. The highest BCUT2D eigenvalue weighted by Gasteiger charge is 2.17. The van der Waals surface area contributed by atoms with E-state index in [2.05, 4.69) is 15.3 Å². The molecule has 1 N–H and O–H groups in total. The Morgan fingerprint density at radius 2 is 2.00 bits per heavy atom. The summed E-state index contributed by atoms with van der Waals surface area (Å²) in [6, 6.07) is 13.4. The molecule has 8 nitrogen and oxygen atoms in total. The third-order valence-corrected chi connectivity index (χ3v) is 4.72. The summed E-state index contributed by atoms with van der Waals surface area (Å²) in [7, 11) is 0. The molecule has 0 aliphatic heterocycles. The maximum Gasteiger partial charge on any atom is 0.433 e. The Morgan fingerprint density at radius 3 is 2.75 bits per heavy atom. The number of aromatic nitrogens is 2. The number of furan rings is 1. The van der Waals surface area contributed by atoms with E-state index in [0.717, 1.165) is 27.9 Å². The first kappa shape index (κ1) is 17.6. The average Bonchev–Trinajstić information content (AvgIpc) is 3.39. The Balaban J connectivity index is 1.54. The molecular formula is C19H12N4O4S. The van der Waals surface area contributed by atoms with E-state index in [4.69, 9.17) is 4.42 Å². The summed E-state index contributed by atoms with van der Waals surface area (Å²) in [5.41, 5.74) is 3.06. The standard InChI is InChI=1S/C19H12N4O4S/c24-18(16-6-7-17(27-16)23(25)26)21-14-5-1-3-12(9-14)15-11-28-19(22-15)13-4-2-8-20-10-13/h1-11H,(H,21,24). The molecule has 0 spiro atoms. The molecule has 4 aromatic rings. The van der Waals surface area contributed by atoms with Crippen molar-refractivity contribution < 1.29 is 14.1 Å². The molecule has 138 valence electrons. The van der Waals surface area contributed by atoms with Crippen LogP contribution >= 0.6 is 11.3 Å². The number of nitrogens with one attached hydrogen (secondary N) is 1. The zero-order chi connectivity index (χ0) is 19.5. The summed E-state index contributed by atoms with van der Waals surface area (Å²) in [6.07, 6.45) is 3.46. The number of hydrogen-bond donors (Lipinski definition) is 1. The third kappa shape index (κ3) is 3.64. The Bertz CT molecular complexity index is 1150. The van der Waals surface area contributed by atoms with Crippen LogP contribution in [0.3, 0.4) is 0 Å². The van der Waals surface area contributed by atoms with Gasteiger partial charge in [0.2, 0.25) is 0 Å². The Kier molecular flexibility index (Phi) is 4.65. The maximum atomic E-state index is 12.2. The molecule has 1 amide bonds. The van der Waals surface area contributed by atoms with Gasteiger partial charge in [-0.3, -0.25) is 19.9 Å². The van der Waals surface area contributed by atoms with Crippen LogP contribution in [0.5, 0.6) is 0 Å². The monoisotopic (exact) mass is 392 g/mol. The lowest BCUT2D eigenvalue weighted by atomic mass is 10.1. The van der Waals surface area contributed by atoms with Gasteiger partial charge in [-0.25, -0.2) is 4.98 Å². The molecule has 0 aliphatic rings. The number of carbonyl (C=O) groups is 1. The molecule has 9 heteroatoms. The van der Waals surface area contributed by atoms with Crippen LogP contribution in [0, 0.1) is 10.1 Å². The van der Waals surface area contributed by atoms with Crippen molar-refractivity contribution in [1.29, 1.82) is 0 Å². The first-order chi connectivity index (χ1) is 13.6. The fourth-order valence-electron chi connectivity index (χ4n) is 2.52. The first-order valence-corrected chi connectivity index (χ1v) is 9.00. The largest absolute Gasteiger partial charge is 0.433 e. The summed E-state index contributed by atoms with van der Waals surface area (Å²) < 4.78 is 4.92. The van der Waals surface area contributed by atoms with Gasteiger partial charge in [0, 0.05) is 34.6 Å². The quantitative estimate of drug-likeness (QED) is 0.392. The zero-order valence-corrected chi connectivity index (χ0v) is 15.1. The Hall–Kier alpha value is -3.85. The molecule has 0 atom stereocenters. The highest BCUT2D eigenvalue weighted by Crippen LogP contribution is 2.29. The Morgan fingerprint density at radius 1 is 1.14 bits per heavy atom. The van der Waals surface area contributed by atoms with Crippen LogP contribution < -0.4 is 5.32 Å². The van der Waals surface area contributed by atoms with Crippen molar-refractivity contribution in [2.24, 2.45) is 0 Å². The first-order valence-electron chi connectivity index (χ1n) is 8.12. The molecule has 0 saturated carbocycles. The number of rotatable bonds is 5. The topological polar surface area (TPSA) is 111 Å². The SMILES string of the molecule is O=C(Nc1cccc(-c2csc(-c3cccnc3)n2)c1)c1ccc([N+](=O)[O-])o1. The van der Waals surface area contributed by atoms with Gasteiger partial charge >= 0.3 is 5.88 Å². The number of nitrogens with zero attached hydrogens (tertiary/aromatic N) is 3. The molecule has 0 saturated heterocycles. The molecule has 0 bridgehead atoms. The number of carbonyl (C=O) groups excluding carboxylic acids is 1. The van der Waals surface area contributed by atoms with E-state index in [-0.39, 0.29) is 5.76 Å². The maximum absolute atomic E-state index is 12.2. The van der Waals surface area contributed by atoms with Crippen LogP contribution in [0.2, 0.25) is 0 Å². The number of nitro groups is 1. The van der Waals surface area contributed by atoms with Crippen LogP contribution in [0.4, 0.5) is 11.6 Å². The van der Waals surface area contributed by atoms with Gasteiger partial charge in [0.1, 0.15) is 9.93 Å². The number of thiazole rings is 1. The van der Waals surface area contributed by atoms with Crippen molar-refractivity contribution in [3.63, 3.8) is 0 Å². The second kappa shape index (κ2) is 7.41. The minimum atomic E-state index is -0.695. The minimum absolute atomic E-state index is 0.135. The van der Waals surface area contributed by atoms with E-state index >= 15 is 0 Å².